The predicted octanol–water partition coefficient (Wildman–Crippen LogP) is 1.75. The SMILES string of the molecule is Cc1ccc(CN2CCC(C(N)=O)CC2)s1. The van der Waals surface area contributed by atoms with Crippen LogP contribution in [0.1, 0.15) is 22.6 Å². The molecule has 0 atom stereocenters. The number of carbonyl (C=O) groups is 1. The summed E-state index contributed by atoms with van der Waals surface area (Å²) in [5, 5.41) is 0. The Morgan fingerprint density at radius 1 is 1.50 bits per heavy atom. The minimum atomic E-state index is -0.133. The zero-order chi connectivity index (χ0) is 11.5. The Balaban J connectivity index is 1.83. The number of rotatable bonds is 3. The van der Waals surface area contributed by atoms with E-state index in [2.05, 4.69) is 24.0 Å². The van der Waals surface area contributed by atoms with E-state index >= 15 is 0 Å². The van der Waals surface area contributed by atoms with Gasteiger partial charge in [0, 0.05) is 22.2 Å². The van der Waals surface area contributed by atoms with Crippen molar-refractivity contribution in [1.29, 1.82) is 0 Å². The maximum absolute atomic E-state index is 11.0. The Labute approximate surface area is 100 Å². The van der Waals surface area contributed by atoms with E-state index in [-0.39, 0.29) is 11.8 Å². The van der Waals surface area contributed by atoms with E-state index in [1.165, 1.54) is 9.75 Å². The fraction of sp³-hybridized carbons (Fsp3) is 0.583. The molecule has 88 valence electrons. The van der Waals surface area contributed by atoms with E-state index in [1.54, 1.807) is 0 Å². The molecular formula is C12H18N2OS. The Morgan fingerprint density at radius 2 is 2.19 bits per heavy atom. The molecule has 1 aromatic heterocycles. The molecule has 0 unspecified atom stereocenters. The van der Waals surface area contributed by atoms with Crippen molar-refractivity contribution < 1.29 is 4.79 Å². The number of primary amides is 1. The lowest BCUT2D eigenvalue weighted by molar-refractivity contribution is -0.123. The molecule has 1 fully saturated rings. The molecule has 0 bridgehead atoms. The van der Waals surface area contributed by atoms with E-state index in [0.29, 0.717) is 0 Å². The van der Waals surface area contributed by atoms with Crippen molar-refractivity contribution in [2.24, 2.45) is 11.7 Å². The number of aryl methyl sites for hydroxylation is 1. The highest BCUT2D eigenvalue weighted by atomic mass is 32.1. The first-order valence-corrected chi connectivity index (χ1v) is 6.54. The van der Waals surface area contributed by atoms with Crippen molar-refractivity contribution >= 4 is 17.2 Å². The number of hydrogen-bond donors (Lipinski definition) is 1. The van der Waals surface area contributed by atoms with Crippen LogP contribution in [0, 0.1) is 12.8 Å². The fourth-order valence-corrected chi connectivity index (χ4v) is 3.10. The third-order valence-corrected chi connectivity index (χ3v) is 4.15. The van der Waals surface area contributed by atoms with E-state index in [0.717, 1.165) is 32.5 Å². The number of carbonyl (C=O) groups excluding carboxylic acids is 1. The summed E-state index contributed by atoms with van der Waals surface area (Å²) < 4.78 is 0. The van der Waals surface area contributed by atoms with Gasteiger partial charge >= 0.3 is 0 Å². The summed E-state index contributed by atoms with van der Waals surface area (Å²) in [5.74, 6) is -0.0343. The topological polar surface area (TPSA) is 46.3 Å². The number of hydrogen-bond acceptors (Lipinski definition) is 3. The molecule has 0 aliphatic carbocycles. The molecular weight excluding hydrogens is 220 g/mol. The molecule has 16 heavy (non-hydrogen) atoms. The van der Waals surface area contributed by atoms with Gasteiger partial charge in [0.05, 0.1) is 0 Å². The second-order valence-electron chi connectivity index (χ2n) is 4.47. The van der Waals surface area contributed by atoms with Gasteiger partial charge in [-0.1, -0.05) is 0 Å². The average molecular weight is 238 g/mol. The predicted molar refractivity (Wildman–Crippen MR) is 66.3 cm³/mol. The number of thiophene rings is 1. The number of likely N-dealkylation sites (tertiary alicyclic amines) is 1. The van der Waals surface area contributed by atoms with Crippen molar-refractivity contribution in [3.05, 3.63) is 21.9 Å². The molecule has 2 heterocycles. The number of nitrogens with two attached hydrogens (primary N) is 1. The molecule has 0 saturated carbocycles. The van der Waals surface area contributed by atoms with Gasteiger partial charge in [-0.3, -0.25) is 9.69 Å². The smallest absolute Gasteiger partial charge is 0.220 e. The Hall–Kier alpha value is -0.870. The molecule has 2 rings (SSSR count). The molecule has 1 saturated heterocycles. The summed E-state index contributed by atoms with van der Waals surface area (Å²) >= 11 is 1.86. The summed E-state index contributed by atoms with van der Waals surface area (Å²) in [6.45, 7) is 5.13. The van der Waals surface area contributed by atoms with E-state index < -0.39 is 0 Å². The Morgan fingerprint density at radius 3 is 2.69 bits per heavy atom. The zero-order valence-corrected chi connectivity index (χ0v) is 10.4. The van der Waals surface area contributed by atoms with E-state index in [9.17, 15) is 4.79 Å². The van der Waals surface area contributed by atoms with Crippen LogP contribution >= 0.6 is 11.3 Å². The molecule has 2 N–H and O–H groups in total. The molecule has 4 heteroatoms. The van der Waals surface area contributed by atoms with Gasteiger partial charge in [0.25, 0.3) is 0 Å². The standard InChI is InChI=1S/C12H18N2OS/c1-9-2-3-11(16-9)8-14-6-4-10(5-7-14)12(13)15/h2-3,10H,4-8H2,1H3,(H2,13,15). The molecule has 1 aromatic rings. The first-order valence-electron chi connectivity index (χ1n) is 5.72. The second-order valence-corrected chi connectivity index (χ2v) is 5.84. The van der Waals surface area contributed by atoms with Gasteiger partial charge < -0.3 is 5.73 Å². The van der Waals surface area contributed by atoms with Crippen LogP contribution < -0.4 is 5.73 Å². The van der Waals surface area contributed by atoms with Gasteiger partial charge in [-0.05, 0) is 45.0 Å². The Kier molecular flexibility index (Phi) is 3.61. The third kappa shape index (κ3) is 2.83. The summed E-state index contributed by atoms with van der Waals surface area (Å²) in [6, 6.07) is 4.36. The minimum absolute atomic E-state index is 0.0984. The summed E-state index contributed by atoms with van der Waals surface area (Å²) in [5.41, 5.74) is 5.31. The maximum Gasteiger partial charge on any atom is 0.220 e. The maximum atomic E-state index is 11.0. The molecule has 0 radical (unpaired) electrons. The highest BCUT2D eigenvalue weighted by molar-refractivity contribution is 7.11. The molecule has 0 aromatic carbocycles. The zero-order valence-electron chi connectivity index (χ0n) is 9.61. The van der Waals surface area contributed by atoms with Gasteiger partial charge in [0.15, 0.2) is 0 Å². The molecule has 3 nitrogen and oxygen atoms in total. The normalized spacial score (nSPS) is 18.8. The van der Waals surface area contributed by atoms with Crippen LogP contribution in [-0.4, -0.2) is 23.9 Å². The highest BCUT2D eigenvalue weighted by Gasteiger charge is 2.23. The van der Waals surface area contributed by atoms with Crippen LogP contribution in [0.5, 0.6) is 0 Å². The van der Waals surface area contributed by atoms with Crippen molar-refractivity contribution in [1.82, 2.24) is 4.90 Å². The van der Waals surface area contributed by atoms with Crippen LogP contribution in [-0.2, 0) is 11.3 Å². The summed E-state index contributed by atoms with van der Waals surface area (Å²) in [4.78, 5) is 16.2. The van der Waals surface area contributed by atoms with Crippen molar-refractivity contribution in [2.45, 2.75) is 26.3 Å². The van der Waals surface area contributed by atoms with Crippen LogP contribution in [0.2, 0.25) is 0 Å². The van der Waals surface area contributed by atoms with Crippen LogP contribution in [0.4, 0.5) is 0 Å². The first-order chi connectivity index (χ1) is 7.65. The van der Waals surface area contributed by atoms with E-state index in [4.69, 9.17) is 5.73 Å². The number of amides is 1. The van der Waals surface area contributed by atoms with Crippen molar-refractivity contribution in [3.8, 4) is 0 Å². The van der Waals surface area contributed by atoms with Gasteiger partial charge in [0.1, 0.15) is 0 Å². The molecule has 1 aliphatic rings. The van der Waals surface area contributed by atoms with Gasteiger partial charge in [-0.15, -0.1) is 11.3 Å². The average Bonchev–Trinajstić information content (AvgIpc) is 2.65. The van der Waals surface area contributed by atoms with Gasteiger partial charge in [-0.2, -0.15) is 0 Å². The lowest BCUT2D eigenvalue weighted by atomic mass is 9.96. The number of piperidine rings is 1. The van der Waals surface area contributed by atoms with E-state index in [1.807, 2.05) is 11.3 Å². The number of nitrogens with zero attached hydrogens (tertiary/aromatic N) is 1. The van der Waals surface area contributed by atoms with Gasteiger partial charge in [0.2, 0.25) is 5.91 Å². The summed E-state index contributed by atoms with van der Waals surface area (Å²) in [7, 11) is 0. The van der Waals surface area contributed by atoms with Crippen molar-refractivity contribution in [3.63, 3.8) is 0 Å². The fourth-order valence-electron chi connectivity index (χ4n) is 2.17. The Bertz CT molecular complexity index is 367. The molecule has 0 spiro atoms. The minimum Gasteiger partial charge on any atom is -0.369 e. The van der Waals surface area contributed by atoms with Crippen molar-refractivity contribution in [2.75, 3.05) is 13.1 Å². The van der Waals surface area contributed by atoms with Crippen LogP contribution in [0.25, 0.3) is 0 Å². The van der Waals surface area contributed by atoms with Crippen LogP contribution in [0.15, 0.2) is 12.1 Å². The first kappa shape index (κ1) is 11.6. The molecule has 1 aliphatic heterocycles. The quantitative estimate of drug-likeness (QED) is 0.872. The lowest BCUT2D eigenvalue weighted by Crippen LogP contribution is -2.37. The van der Waals surface area contributed by atoms with Crippen LogP contribution in [0.3, 0.4) is 0 Å². The summed E-state index contributed by atoms with van der Waals surface area (Å²) in [6.07, 6.45) is 1.83. The largest absolute Gasteiger partial charge is 0.369 e. The van der Waals surface area contributed by atoms with Gasteiger partial charge in [-0.25, -0.2) is 0 Å². The monoisotopic (exact) mass is 238 g/mol. The highest BCUT2D eigenvalue weighted by Crippen LogP contribution is 2.21. The third-order valence-electron chi connectivity index (χ3n) is 3.17. The molecule has 1 amide bonds. The second kappa shape index (κ2) is 4.97. The lowest BCUT2D eigenvalue weighted by Gasteiger charge is -2.29.